The van der Waals surface area contributed by atoms with Crippen LogP contribution >= 0.6 is 15.9 Å². The number of nitrogens with zero attached hydrogens (tertiary/aromatic N) is 2. The summed E-state index contributed by atoms with van der Waals surface area (Å²) in [6.07, 6.45) is -0.119. The molecular formula is C37H43BrN2O5. The third-order valence-electron chi connectivity index (χ3n) is 8.26. The summed E-state index contributed by atoms with van der Waals surface area (Å²) in [4.78, 5) is 4.56. The summed E-state index contributed by atoms with van der Waals surface area (Å²) >= 11 is 3.58. The van der Waals surface area contributed by atoms with Crippen LogP contribution in [0, 0.1) is 0 Å². The molecule has 4 aromatic rings. The van der Waals surface area contributed by atoms with E-state index in [2.05, 4.69) is 94.4 Å². The first-order chi connectivity index (χ1) is 21.9. The van der Waals surface area contributed by atoms with E-state index in [4.69, 9.17) is 23.7 Å². The molecule has 2 atom stereocenters. The molecule has 2 unspecified atom stereocenters. The van der Waals surface area contributed by atoms with Crippen molar-refractivity contribution in [2.45, 2.75) is 25.3 Å². The van der Waals surface area contributed by atoms with E-state index in [0.717, 1.165) is 65.6 Å². The van der Waals surface area contributed by atoms with Gasteiger partial charge in [-0.2, -0.15) is 0 Å². The average Bonchev–Trinajstić information content (AvgIpc) is 3.05. The lowest BCUT2D eigenvalue weighted by atomic mass is 9.95. The Balaban J connectivity index is 0.000000178. The first kappa shape index (κ1) is 33.0. The first-order valence-electron chi connectivity index (χ1n) is 15.2. The maximum Gasteiger partial charge on any atom is 0.119 e. The van der Waals surface area contributed by atoms with Gasteiger partial charge in [-0.1, -0.05) is 52.3 Å². The highest BCUT2D eigenvalue weighted by atomic mass is 79.9. The molecule has 0 fully saturated rings. The van der Waals surface area contributed by atoms with Gasteiger partial charge in [0.25, 0.3) is 0 Å². The largest absolute Gasteiger partial charge is 0.497 e. The molecule has 238 valence electrons. The van der Waals surface area contributed by atoms with Crippen LogP contribution in [0.15, 0.2) is 89.4 Å². The van der Waals surface area contributed by atoms with Crippen LogP contribution in [0.5, 0.6) is 17.2 Å². The van der Waals surface area contributed by atoms with Crippen molar-refractivity contribution < 1.29 is 23.7 Å². The number of halogens is 1. The van der Waals surface area contributed by atoms with Crippen molar-refractivity contribution in [1.29, 1.82) is 0 Å². The molecule has 0 spiro atoms. The normalized spacial score (nSPS) is 18.9. The SMILES string of the molecule is COc1ccc(C2OCCN(C)Cc3ccc(Br)cc32)cc1.COc1ccc(C2OCCN(C)Cc3ccc(OC)cc32)cc1. The Morgan fingerprint density at radius 2 is 1.00 bits per heavy atom. The number of hydrogen-bond donors (Lipinski definition) is 0. The molecule has 8 heteroatoms. The van der Waals surface area contributed by atoms with E-state index in [0.29, 0.717) is 6.61 Å². The smallest absolute Gasteiger partial charge is 0.119 e. The van der Waals surface area contributed by atoms with Gasteiger partial charge in [-0.3, -0.25) is 9.80 Å². The zero-order valence-corrected chi connectivity index (χ0v) is 28.4. The van der Waals surface area contributed by atoms with Crippen molar-refractivity contribution in [2.75, 3.05) is 61.7 Å². The second-order valence-corrected chi connectivity index (χ2v) is 12.3. The molecule has 2 heterocycles. The van der Waals surface area contributed by atoms with Gasteiger partial charge in [0.05, 0.1) is 34.5 Å². The minimum atomic E-state index is -0.0836. The van der Waals surface area contributed by atoms with Gasteiger partial charge in [0, 0.05) is 30.7 Å². The van der Waals surface area contributed by atoms with E-state index >= 15 is 0 Å². The Bertz CT molecular complexity index is 1530. The number of benzene rings is 4. The fraction of sp³-hybridized carbons (Fsp3) is 0.351. The topological polar surface area (TPSA) is 52.6 Å². The summed E-state index contributed by atoms with van der Waals surface area (Å²) in [5.41, 5.74) is 7.27. The van der Waals surface area contributed by atoms with Crippen LogP contribution in [-0.2, 0) is 22.6 Å². The van der Waals surface area contributed by atoms with Gasteiger partial charge >= 0.3 is 0 Å². The lowest BCUT2D eigenvalue weighted by Gasteiger charge is -2.28. The van der Waals surface area contributed by atoms with Gasteiger partial charge in [-0.05, 0) is 96.0 Å². The second-order valence-electron chi connectivity index (χ2n) is 11.4. The Labute approximate surface area is 275 Å². The molecule has 0 bridgehead atoms. The number of ether oxygens (including phenoxy) is 5. The van der Waals surface area contributed by atoms with Gasteiger partial charge in [-0.25, -0.2) is 0 Å². The molecule has 6 rings (SSSR count). The second kappa shape index (κ2) is 15.7. The predicted molar refractivity (Wildman–Crippen MR) is 181 cm³/mol. The maximum atomic E-state index is 6.20. The van der Waals surface area contributed by atoms with Crippen LogP contribution in [0.1, 0.15) is 45.6 Å². The van der Waals surface area contributed by atoms with Crippen LogP contribution in [0.3, 0.4) is 0 Å². The molecule has 0 aliphatic carbocycles. The summed E-state index contributed by atoms with van der Waals surface area (Å²) in [5, 5.41) is 0. The van der Waals surface area contributed by atoms with Crippen molar-refractivity contribution in [3.05, 3.63) is 123 Å². The maximum absolute atomic E-state index is 6.20. The number of fused-ring (bicyclic) bond motifs is 2. The summed E-state index contributed by atoms with van der Waals surface area (Å²) < 4.78 is 29.4. The van der Waals surface area contributed by atoms with Crippen molar-refractivity contribution in [1.82, 2.24) is 9.80 Å². The summed E-state index contributed by atoms with van der Waals surface area (Å²) in [5.74, 6) is 2.57. The van der Waals surface area contributed by atoms with Crippen LogP contribution in [-0.4, -0.2) is 71.5 Å². The fourth-order valence-electron chi connectivity index (χ4n) is 5.72. The van der Waals surface area contributed by atoms with Crippen LogP contribution in [0.2, 0.25) is 0 Å². The molecular weight excluding hydrogens is 632 g/mol. The highest BCUT2D eigenvalue weighted by Gasteiger charge is 2.23. The van der Waals surface area contributed by atoms with E-state index in [1.165, 1.54) is 22.3 Å². The van der Waals surface area contributed by atoms with Gasteiger partial charge in [0.2, 0.25) is 0 Å². The Morgan fingerprint density at radius 3 is 1.47 bits per heavy atom. The summed E-state index contributed by atoms with van der Waals surface area (Å²) in [6, 6.07) is 28.9. The van der Waals surface area contributed by atoms with E-state index in [9.17, 15) is 0 Å². The molecule has 0 saturated carbocycles. The molecule has 2 aliphatic heterocycles. The number of rotatable bonds is 5. The van der Waals surface area contributed by atoms with Gasteiger partial charge in [-0.15, -0.1) is 0 Å². The third-order valence-corrected chi connectivity index (χ3v) is 8.75. The molecule has 0 saturated heterocycles. The minimum Gasteiger partial charge on any atom is -0.497 e. The molecule has 4 aromatic carbocycles. The van der Waals surface area contributed by atoms with E-state index in [1.807, 2.05) is 30.3 Å². The standard InChI is InChI=1S/C19H23NO3.C18H20BrNO2/c1-20-10-11-23-19(14-4-7-16(21-2)8-5-14)18-12-17(22-3)9-6-15(18)13-20;1-20-9-10-22-18(13-4-7-16(21-2)8-5-13)17-11-15(19)6-3-14(17)12-20/h4-9,12,19H,10-11,13H2,1-3H3;3-8,11,18H,9-10,12H2,1-2H3. The fourth-order valence-corrected chi connectivity index (χ4v) is 6.10. The minimum absolute atomic E-state index is 0.0351. The Morgan fingerprint density at radius 1 is 0.578 bits per heavy atom. The van der Waals surface area contributed by atoms with Crippen LogP contribution in [0.25, 0.3) is 0 Å². The summed E-state index contributed by atoms with van der Waals surface area (Å²) in [6.45, 7) is 5.12. The monoisotopic (exact) mass is 674 g/mol. The summed E-state index contributed by atoms with van der Waals surface area (Å²) in [7, 11) is 9.30. The van der Waals surface area contributed by atoms with Crippen molar-refractivity contribution in [3.8, 4) is 17.2 Å². The third kappa shape index (κ3) is 8.45. The van der Waals surface area contributed by atoms with Crippen LogP contribution in [0.4, 0.5) is 0 Å². The van der Waals surface area contributed by atoms with E-state index < -0.39 is 0 Å². The highest BCUT2D eigenvalue weighted by molar-refractivity contribution is 9.10. The zero-order valence-electron chi connectivity index (χ0n) is 26.8. The van der Waals surface area contributed by atoms with Gasteiger partial charge < -0.3 is 23.7 Å². The molecule has 0 amide bonds. The lowest BCUT2D eigenvalue weighted by Crippen LogP contribution is -2.27. The average molecular weight is 676 g/mol. The van der Waals surface area contributed by atoms with Gasteiger partial charge in [0.1, 0.15) is 29.5 Å². The predicted octanol–water partition coefficient (Wildman–Crippen LogP) is 7.26. The number of hydrogen-bond acceptors (Lipinski definition) is 7. The van der Waals surface area contributed by atoms with Crippen molar-refractivity contribution in [2.24, 2.45) is 0 Å². The first-order valence-corrected chi connectivity index (χ1v) is 16.0. The van der Waals surface area contributed by atoms with E-state index in [-0.39, 0.29) is 12.2 Å². The Hall–Kier alpha value is -3.40. The highest BCUT2D eigenvalue weighted by Crippen LogP contribution is 2.35. The van der Waals surface area contributed by atoms with Gasteiger partial charge in [0.15, 0.2) is 0 Å². The molecule has 0 N–H and O–H groups in total. The quantitative estimate of drug-likeness (QED) is 0.221. The molecule has 45 heavy (non-hydrogen) atoms. The van der Waals surface area contributed by atoms with E-state index in [1.54, 1.807) is 21.3 Å². The molecule has 0 radical (unpaired) electrons. The molecule has 2 aliphatic rings. The number of likely N-dealkylation sites (N-methyl/N-ethyl adjacent to an activating group) is 2. The van der Waals surface area contributed by atoms with Crippen molar-refractivity contribution in [3.63, 3.8) is 0 Å². The number of methoxy groups -OCH3 is 3. The van der Waals surface area contributed by atoms with Crippen LogP contribution < -0.4 is 14.2 Å². The van der Waals surface area contributed by atoms with Crippen molar-refractivity contribution >= 4 is 15.9 Å². The molecule has 0 aromatic heterocycles. The molecule has 7 nitrogen and oxygen atoms in total. The Kier molecular flexibility index (Phi) is 11.5. The lowest BCUT2D eigenvalue weighted by molar-refractivity contribution is 0.0551. The zero-order chi connectivity index (χ0) is 31.8.